The van der Waals surface area contributed by atoms with E-state index in [1.165, 1.54) is 6.42 Å². The first kappa shape index (κ1) is 17.5. The molecule has 1 aromatic carbocycles. The van der Waals surface area contributed by atoms with E-state index < -0.39 is 11.0 Å². The lowest BCUT2D eigenvalue weighted by atomic mass is 9.69. The predicted molar refractivity (Wildman–Crippen MR) is 97.0 cm³/mol. The van der Waals surface area contributed by atoms with E-state index >= 15 is 0 Å². The highest BCUT2D eigenvalue weighted by atomic mass is 16.6. The SMILES string of the molecule is CC(C)(OC(=O)C1(c2ccccc2)CCCCC1)C1CCNCC1. The van der Waals surface area contributed by atoms with Gasteiger partial charge in [-0.15, -0.1) is 0 Å². The van der Waals surface area contributed by atoms with Crippen molar-refractivity contribution >= 4 is 5.97 Å². The zero-order valence-corrected chi connectivity index (χ0v) is 15.1. The number of nitrogens with one attached hydrogen (secondary N) is 1. The van der Waals surface area contributed by atoms with Gasteiger partial charge >= 0.3 is 5.97 Å². The Hall–Kier alpha value is -1.35. The third-order valence-electron chi connectivity index (χ3n) is 6.10. The fourth-order valence-corrected chi connectivity index (χ4v) is 4.46. The summed E-state index contributed by atoms with van der Waals surface area (Å²) in [4.78, 5) is 13.3. The van der Waals surface area contributed by atoms with Crippen LogP contribution in [0.25, 0.3) is 0 Å². The molecule has 3 heteroatoms. The first-order valence-corrected chi connectivity index (χ1v) is 9.54. The Morgan fingerprint density at radius 3 is 2.33 bits per heavy atom. The molecular weight excluding hydrogens is 298 g/mol. The summed E-state index contributed by atoms with van der Waals surface area (Å²) in [6.45, 7) is 6.25. The zero-order chi connectivity index (χ0) is 17.0. The van der Waals surface area contributed by atoms with Crippen molar-refractivity contribution in [2.75, 3.05) is 13.1 Å². The Bertz CT molecular complexity index is 540. The van der Waals surface area contributed by atoms with Crippen molar-refractivity contribution in [3.05, 3.63) is 35.9 Å². The molecule has 0 bridgehead atoms. The molecule has 1 heterocycles. The summed E-state index contributed by atoms with van der Waals surface area (Å²) in [6.07, 6.45) is 7.43. The lowest BCUT2D eigenvalue weighted by Gasteiger charge is -2.42. The third-order valence-corrected chi connectivity index (χ3v) is 6.10. The fraction of sp³-hybridized carbons (Fsp3) is 0.667. The number of carbonyl (C=O) groups is 1. The number of hydrogen-bond donors (Lipinski definition) is 1. The van der Waals surface area contributed by atoms with Gasteiger partial charge in [-0.3, -0.25) is 4.79 Å². The van der Waals surface area contributed by atoms with Gasteiger partial charge in [0.2, 0.25) is 0 Å². The monoisotopic (exact) mass is 329 g/mol. The van der Waals surface area contributed by atoms with Crippen molar-refractivity contribution in [3.63, 3.8) is 0 Å². The molecule has 132 valence electrons. The van der Waals surface area contributed by atoms with Crippen molar-refractivity contribution in [1.29, 1.82) is 0 Å². The molecule has 2 fully saturated rings. The summed E-state index contributed by atoms with van der Waals surface area (Å²) in [5.41, 5.74) is 0.304. The highest BCUT2D eigenvalue weighted by molar-refractivity contribution is 5.83. The lowest BCUT2D eigenvalue weighted by molar-refractivity contribution is -0.171. The molecule has 0 spiro atoms. The van der Waals surface area contributed by atoms with Gasteiger partial charge in [-0.05, 0) is 58.2 Å². The molecule has 0 amide bonds. The van der Waals surface area contributed by atoms with Gasteiger partial charge in [-0.2, -0.15) is 0 Å². The first-order chi connectivity index (χ1) is 11.5. The number of esters is 1. The molecule has 24 heavy (non-hydrogen) atoms. The highest BCUT2D eigenvalue weighted by Crippen LogP contribution is 2.42. The van der Waals surface area contributed by atoms with Crippen LogP contribution in [0.3, 0.4) is 0 Å². The summed E-state index contributed by atoms with van der Waals surface area (Å²) in [6, 6.07) is 10.3. The van der Waals surface area contributed by atoms with Crippen molar-refractivity contribution < 1.29 is 9.53 Å². The maximum Gasteiger partial charge on any atom is 0.317 e. The number of piperidine rings is 1. The van der Waals surface area contributed by atoms with Crippen LogP contribution < -0.4 is 5.32 Å². The van der Waals surface area contributed by atoms with E-state index in [1.54, 1.807) is 0 Å². The molecule has 0 unspecified atom stereocenters. The number of rotatable bonds is 4. The number of hydrogen-bond acceptors (Lipinski definition) is 3. The van der Waals surface area contributed by atoms with Crippen LogP contribution in [0.5, 0.6) is 0 Å². The molecule has 0 radical (unpaired) electrons. The second-order valence-corrected chi connectivity index (χ2v) is 8.03. The van der Waals surface area contributed by atoms with Crippen molar-refractivity contribution in [1.82, 2.24) is 5.32 Å². The van der Waals surface area contributed by atoms with E-state index in [4.69, 9.17) is 4.74 Å². The molecule has 1 aromatic rings. The minimum Gasteiger partial charge on any atom is -0.459 e. The molecular formula is C21H31NO2. The zero-order valence-electron chi connectivity index (χ0n) is 15.1. The van der Waals surface area contributed by atoms with E-state index in [-0.39, 0.29) is 5.97 Å². The molecule has 1 saturated heterocycles. The van der Waals surface area contributed by atoms with E-state index in [2.05, 4.69) is 31.3 Å². The quantitative estimate of drug-likeness (QED) is 0.841. The molecule has 1 aliphatic carbocycles. The second-order valence-electron chi connectivity index (χ2n) is 8.03. The van der Waals surface area contributed by atoms with Gasteiger partial charge in [0, 0.05) is 5.92 Å². The standard InChI is InChI=1S/C21H31NO2/c1-20(2,17-11-15-22-16-12-17)24-19(23)21(13-7-4-8-14-21)18-9-5-3-6-10-18/h3,5-6,9-10,17,22H,4,7-8,11-16H2,1-2H3. The molecule has 1 N–H and O–H groups in total. The van der Waals surface area contributed by atoms with Gasteiger partial charge in [0.25, 0.3) is 0 Å². The normalized spacial score (nSPS) is 22.1. The van der Waals surface area contributed by atoms with Crippen LogP contribution in [-0.2, 0) is 14.9 Å². The van der Waals surface area contributed by atoms with Crippen LogP contribution >= 0.6 is 0 Å². The Kier molecular flexibility index (Phi) is 5.29. The molecule has 0 aromatic heterocycles. The van der Waals surface area contributed by atoms with Crippen LogP contribution in [-0.4, -0.2) is 24.7 Å². The van der Waals surface area contributed by atoms with Crippen LogP contribution in [0.1, 0.15) is 64.4 Å². The summed E-state index contributed by atoms with van der Waals surface area (Å²) < 4.78 is 6.21. The number of benzene rings is 1. The highest BCUT2D eigenvalue weighted by Gasteiger charge is 2.45. The average molecular weight is 329 g/mol. The summed E-state index contributed by atoms with van der Waals surface area (Å²) in [5.74, 6) is 0.441. The Labute approximate surface area is 146 Å². The van der Waals surface area contributed by atoms with E-state index in [0.29, 0.717) is 5.92 Å². The van der Waals surface area contributed by atoms with Crippen LogP contribution in [0.2, 0.25) is 0 Å². The summed E-state index contributed by atoms with van der Waals surface area (Å²) in [7, 11) is 0. The minimum atomic E-state index is -0.441. The van der Waals surface area contributed by atoms with Crippen molar-refractivity contribution in [3.8, 4) is 0 Å². The Morgan fingerprint density at radius 2 is 1.71 bits per heavy atom. The fourth-order valence-electron chi connectivity index (χ4n) is 4.46. The van der Waals surface area contributed by atoms with E-state index in [0.717, 1.165) is 57.2 Å². The molecule has 2 aliphatic rings. The molecule has 1 saturated carbocycles. The lowest BCUT2D eigenvalue weighted by Crippen LogP contribution is -2.48. The topological polar surface area (TPSA) is 38.3 Å². The second kappa shape index (κ2) is 7.26. The Balaban J connectivity index is 1.81. The molecule has 1 aliphatic heterocycles. The van der Waals surface area contributed by atoms with E-state index in [1.807, 2.05) is 18.2 Å². The summed E-state index contributed by atoms with van der Waals surface area (Å²) >= 11 is 0. The largest absolute Gasteiger partial charge is 0.459 e. The van der Waals surface area contributed by atoms with Gasteiger partial charge in [-0.1, -0.05) is 49.6 Å². The van der Waals surface area contributed by atoms with Crippen molar-refractivity contribution in [2.24, 2.45) is 5.92 Å². The van der Waals surface area contributed by atoms with Gasteiger partial charge < -0.3 is 10.1 Å². The first-order valence-electron chi connectivity index (χ1n) is 9.54. The maximum atomic E-state index is 13.3. The molecule has 3 rings (SSSR count). The smallest absolute Gasteiger partial charge is 0.317 e. The van der Waals surface area contributed by atoms with Crippen molar-refractivity contribution in [2.45, 2.75) is 69.8 Å². The predicted octanol–water partition coefficient (Wildman–Crippen LogP) is 4.21. The van der Waals surface area contributed by atoms with E-state index in [9.17, 15) is 4.79 Å². The van der Waals surface area contributed by atoms with Crippen LogP contribution in [0, 0.1) is 5.92 Å². The van der Waals surface area contributed by atoms with Gasteiger partial charge in [0.05, 0.1) is 5.41 Å². The molecule has 0 atom stereocenters. The Morgan fingerprint density at radius 1 is 1.08 bits per heavy atom. The molecule has 3 nitrogen and oxygen atoms in total. The minimum absolute atomic E-state index is 0.00284. The maximum absolute atomic E-state index is 13.3. The van der Waals surface area contributed by atoms with Crippen LogP contribution in [0.15, 0.2) is 30.3 Å². The third kappa shape index (κ3) is 3.51. The van der Waals surface area contributed by atoms with Gasteiger partial charge in [0.15, 0.2) is 0 Å². The van der Waals surface area contributed by atoms with Crippen LogP contribution in [0.4, 0.5) is 0 Å². The van der Waals surface area contributed by atoms with Gasteiger partial charge in [0.1, 0.15) is 5.60 Å². The number of carbonyl (C=O) groups excluding carboxylic acids is 1. The average Bonchev–Trinajstić information content (AvgIpc) is 2.63. The van der Waals surface area contributed by atoms with Gasteiger partial charge in [-0.25, -0.2) is 0 Å². The number of ether oxygens (including phenoxy) is 1. The summed E-state index contributed by atoms with van der Waals surface area (Å²) in [5, 5.41) is 3.40.